The third kappa shape index (κ3) is 6.12. The van der Waals surface area contributed by atoms with Crippen LogP contribution in [0.2, 0.25) is 0 Å². The van der Waals surface area contributed by atoms with Gasteiger partial charge >= 0.3 is 0 Å². The molecule has 2 aromatic heterocycles. The van der Waals surface area contributed by atoms with Crippen molar-refractivity contribution in [1.29, 1.82) is 0 Å². The van der Waals surface area contributed by atoms with Gasteiger partial charge in [-0.25, -0.2) is 4.98 Å². The maximum atomic E-state index is 12.9. The van der Waals surface area contributed by atoms with Crippen LogP contribution >= 0.6 is 0 Å². The maximum Gasteiger partial charge on any atom is 0.233 e. The molecule has 1 N–H and O–H groups in total. The SMILES string of the molecule is CN1CCN(c2nc(Nc3cc(C(=O)Cc4ccccc4)ccn3)nc(-c3ccc(N(C)C)cc3)n2)CC1. The number of hydrogen-bond donors (Lipinski definition) is 1. The van der Waals surface area contributed by atoms with Crippen LogP contribution in [-0.2, 0) is 6.42 Å². The molecule has 4 aromatic rings. The maximum absolute atomic E-state index is 12.9. The highest BCUT2D eigenvalue weighted by atomic mass is 16.1. The van der Waals surface area contributed by atoms with Gasteiger partial charge in [-0.1, -0.05) is 30.3 Å². The number of pyridine rings is 1. The Morgan fingerprint density at radius 3 is 2.37 bits per heavy atom. The molecule has 0 bridgehead atoms. The summed E-state index contributed by atoms with van der Waals surface area (Å²) in [6.45, 7) is 3.55. The van der Waals surface area contributed by atoms with Crippen molar-refractivity contribution >= 4 is 29.2 Å². The number of carbonyl (C=O) groups is 1. The third-order valence-electron chi connectivity index (χ3n) is 6.58. The van der Waals surface area contributed by atoms with E-state index in [1.54, 1.807) is 18.3 Å². The number of piperazine rings is 1. The summed E-state index contributed by atoms with van der Waals surface area (Å²) in [5.41, 5.74) is 3.56. The summed E-state index contributed by atoms with van der Waals surface area (Å²) in [5, 5.41) is 3.22. The standard InChI is InChI=1S/C29H32N8O/c1-35(2)24-11-9-22(10-12-24)27-32-28(34-29(33-27)37-17-15-36(3)16-18-37)31-26-20-23(13-14-30-26)25(38)19-21-7-5-4-6-8-21/h4-14,20H,15-19H2,1-3H3,(H,30,31,32,33,34). The largest absolute Gasteiger partial charge is 0.378 e. The molecule has 1 fully saturated rings. The quantitative estimate of drug-likeness (QED) is 0.356. The van der Waals surface area contributed by atoms with Crippen LogP contribution in [0.4, 0.5) is 23.4 Å². The zero-order valence-electron chi connectivity index (χ0n) is 22.0. The van der Waals surface area contributed by atoms with E-state index >= 15 is 0 Å². The summed E-state index contributed by atoms with van der Waals surface area (Å²) in [6, 6.07) is 21.3. The second kappa shape index (κ2) is 11.4. The zero-order valence-corrected chi connectivity index (χ0v) is 22.0. The lowest BCUT2D eigenvalue weighted by molar-refractivity contribution is 0.0993. The van der Waals surface area contributed by atoms with E-state index in [1.807, 2.05) is 68.7 Å². The lowest BCUT2D eigenvalue weighted by Gasteiger charge is -2.32. The molecule has 0 saturated carbocycles. The van der Waals surface area contributed by atoms with E-state index in [9.17, 15) is 4.79 Å². The number of hydrogen-bond acceptors (Lipinski definition) is 9. The van der Waals surface area contributed by atoms with E-state index in [1.165, 1.54) is 0 Å². The molecular formula is C29H32N8O. The number of likely N-dealkylation sites (N-methyl/N-ethyl adjacent to an activating group) is 1. The monoisotopic (exact) mass is 508 g/mol. The van der Waals surface area contributed by atoms with E-state index in [2.05, 4.69) is 32.0 Å². The van der Waals surface area contributed by atoms with Crippen molar-refractivity contribution in [2.24, 2.45) is 0 Å². The molecule has 1 aliphatic heterocycles. The molecular weight excluding hydrogens is 476 g/mol. The Labute approximate surface area is 223 Å². The van der Waals surface area contributed by atoms with Gasteiger partial charge in [0.1, 0.15) is 5.82 Å². The lowest BCUT2D eigenvalue weighted by Crippen LogP contribution is -2.45. The smallest absolute Gasteiger partial charge is 0.233 e. The molecule has 0 aliphatic carbocycles. The van der Waals surface area contributed by atoms with Crippen molar-refractivity contribution in [2.45, 2.75) is 6.42 Å². The van der Waals surface area contributed by atoms with Gasteiger partial charge < -0.3 is 20.0 Å². The van der Waals surface area contributed by atoms with Crippen molar-refractivity contribution in [1.82, 2.24) is 24.8 Å². The Kier molecular flexibility index (Phi) is 7.55. The Morgan fingerprint density at radius 2 is 1.66 bits per heavy atom. The topological polar surface area (TPSA) is 90.4 Å². The fourth-order valence-corrected chi connectivity index (χ4v) is 4.28. The molecule has 0 spiro atoms. The van der Waals surface area contributed by atoms with Gasteiger partial charge in [-0.15, -0.1) is 0 Å². The number of aromatic nitrogens is 4. The van der Waals surface area contributed by atoms with Crippen molar-refractivity contribution in [2.75, 3.05) is 62.4 Å². The van der Waals surface area contributed by atoms with Gasteiger partial charge in [0, 0.05) is 69.7 Å². The highest BCUT2D eigenvalue weighted by Gasteiger charge is 2.19. The normalized spacial score (nSPS) is 13.8. The number of benzene rings is 2. The summed E-state index contributed by atoms with van der Waals surface area (Å²) in [4.78, 5) is 38.1. The van der Waals surface area contributed by atoms with Gasteiger partial charge in [0.25, 0.3) is 0 Å². The molecule has 3 heterocycles. The average Bonchev–Trinajstić information content (AvgIpc) is 2.94. The van der Waals surface area contributed by atoms with Gasteiger partial charge in [-0.3, -0.25) is 4.79 Å². The number of anilines is 4. The highest BCUT2D eigenvalue weighted by Crippen LogP contribution is 2.24. The van der Waals surface area contributed by atoms with Crippen LogP contribution in [0.25, 0.3) is 11.4 Å². The van der Waals surface area contributed by atoms with E-state index in [0.717, 1.165) is 43.0 Å². The average molecular weight is 509 g/mol. The molecule has 9 nitrogen and oxygen atoms in total. The van der Waals surface area contributed by atoms with Crippen LogP contribution in [0, 0.1) is 0 Å². The molecule has 2 aromatic carbocycles. The second-order valence-electron chi connectivity index (χ2n) is 9.65. The molecule has 194 valence electrons. The van der Waals surface area contributed by atoms with Gasteiger partial charge in [-0.2, -0.15) is 15.0 Å². The van der Waals surface area contributed by atoms with Crippen LogP contribution in [0.15, 0.2) is 72.9 Å². The molecule has 0 radical (unpaired) electrons. The van der Waals surface area contributed by atoms with Gasteiger partial charge in [0.15, 0.2) is 11.6 Å². The number of Topliss-reactive ketones (excluding diaryl/α,β-unsaturated/α-hetero) is 1. The fourth-order valence-electron chi connectivity index (χ4n) is 4.28. The summed E-state index contributed by atoms with van der Waals surface area (Å²) in [5.74, 6) is 2.13. The number of nitrogens with one attached hydrogen (secondary N) is 1. The molecule has 0 atom stereocenters. The number of rotatable bonds is 8. The minimum Gasteiger partial charge on any atom is -0.378 e. The summed E-state index contributed by atoms with van der Waals surface area (Å²) in [6.07, 6.45) is 1.96. The second-order valence-corrected chi connectivity index (χ2v) is 9.65. The summed E-state index contributed by atoms with van der Waals surface area (Å²) < 4.78 is 0. The summed E-state index contributed by atoms with van der Waals surface area (Å²) >= 11 is 0. The molecule has 38 heavy (non-hydrogen) atoms. The molecule has 9 heteroatoms. The van der Waals surface area contributed by atoms with Crippen LogP contribution in [0.5, 0.6) is 0 Å². The van der Waals surface area contributed by atoms with Crippen LogP contribution in [0.3, 0.4) is 0 Å². The van der Waals surface area contributed by atoms with Crippen LogP contribution in [0.1, 0.15) is 15.9 Å². The van der Waals surface area contributed by atoms with Gasteiger partial charge in [-0.05, 0) is 49.0 Å². The minimum atomic E-state index is 0.0251. The van der Waals surface area contributed by atoms with Gasteiger partial charge in [0.2, 0.25) is 11.9 Å². The van der Waals surface area contributed by atoms with Crippen molar-refractivity contribution < 1.29 is 4.79 Å². The molecule has 0 unspecified atom stereocenters. The third-order valence-corrected chi connectivity index (χ3v) is 6.58. The first-order valence-corrected chi connectivity index (χ1v) is 12.7. The number of nitrogens with zero attached hydrogens (tertiary/aromatic N) is 7. The van der Waals surface area contributed by atoms with E-state index in [-0.39, 0.29) is 5.78 Å². The van der Waals surface area contributed by atoms with Crippen LogP contribution in [-0.4, -0.2) is 77.9 Å². The first-order valence-electron chi connectivity index (χ1n) is 12.7. The van der Waals surface area contributed by atoms with E-state index in [4.69, 9.17) is 15.0 Å². The Bertz CT molecular complexity index is 1380. The number of ketones is 1. The Hall–Kier alpha value is -4.37. The summed E-state index contributed by atoms with van der Waals surface area (Å²) in [7, 11) is 6.14. The zero-order chi connectivity index (χ0) is 26.5. The predicted molar refractivity (Wildman–Crippen MR) is 151 cm³/mol. The number of carbonyl (C=O) groups excluding carboxylic acids is 1. The van der Waals surface area contributed by atoms with Crippen molar-refractivity contribution in [3.63, 3.8) is 0 Å². The van der Waals surface area contributed by atoms with Crippen LogP contribution < -0.4 is 15.1 Å². The molecule has 5 rings (SSSR count). The first kappa shape index (κ1) is 25.3. The molecule has 1 aliphatic rings. The van der Waals surface area contributed by atoms with Crippen molar-refractivity contribution in [3.05, 3.63) is 84.1 Å². The predicted octanol–water partition coefficient (Wildman–Crippen LogP) is 3.92. The van der Waals surface area contributed by atoms with Crippen molar-refractivity contribution in [3.8, 4) is 11.4 Å². The highest BCUT2D eigenvalue weighted by molar-refractivity contribution is 5.98. The first-order chi connectivity index (χ1) is 18.4. The minimum absolute atomic E-state index is 0.0251. The fraction of sp³-hybridized carbons (Fsp3) is 0.276. The Morgan fingerprint density at radius 1 is 0.921 bits per heavy atom. The molecule has 0 amide bonds. The van der Waals surface area contributed by atoms with E-state index < -0.39 is 0 Å². The lowest BCUT2D eigenvalue weighted by atomic mass is 10.0. The molecule has 1 saturated heterocycles. The Balaban J connectivity index is 1.43. The van der Waals surface area contributed by atoms with Gasteiger partial charge in [0.05, 0.1) is 0 Å². The van der Waals surface area contributed by atoms with E-state index in [0.29, 0.717) is 35.5 Å².